The van der Waals surface area contributed by atoms with Crippen LogP contribution in [-0.4, -0.2) is 21.6 Å². The second kappa shape index (κ2) is 5.49. The van der Waals surface area contributed by atoms with Gasteiger partial charge in [0.15, 0.2) is 11.6 Å². The van der Waals surface area contributed by atoms with Gasteiger partial charge in [-0.05, 0) is 24.6 Å². The highest BCUT2D eigenvalue weighted by molar-refractivity contribution is 7.17. The molecule has 3 rings (SSSR count). The second-order valence-corrected chi connectivity index (χ2v) is 5.19. The minimum atomic E-state index is -0.191. The van der Waals surface area contributed by atoms with Gasteiger partial charge in [-0.3, -0.25) is 9.78 Å². The Morgan fingerprint density at radius 2 is 2.19 bits per heavy atom. The number of thiophene rings is 1. The van der Waals surface area contributed by atoms with Crippen LogP contribution >= 0.6 is 11.3 Å². The molecule has 0 atom stereocenters. The number of nitrogens with one attached hydrogen (secondary N) is 1. The highest BCUT2D eigenvalue weighted by Gasteiger charge is 2.14. The number of ether oxygens (including phenoxy) is 1. The van der Waals surface area contributed by atoms with E-state index in [0.29, 0.717) is 28.4 Å². The van der Waals surface area contributed by atoms with Crippen LogP contribution in [0.4, 0.5) is 0 Å². The Labute approximate surface area is 125 Å². The minimum absolute atomic E-state index is 0.191. The van der Waals surface area contributed by atoms with Crippen LogP contribution < -0.4 is 5.56 Å². The number of aromatic amines is 1. The van der Waals surface area contributed by atoms with Crippen LogP contribution in [0, 0.1) is 0 Å². The summed E-state index contributed by atoms with van der Waals surface area (Å²) in [6.07, 6.45) is 3.40. The monoisotopic (exact) mass is 299 g/mol. The molecule has 21 heavy (non-hydrogen) atoms. The average Bonchev–Trinajstić information content (AvgIpc) is 2.93. The van der Waals surface area contributed by atoms with Crippen molar-refractivity contribution in [3.05, 3.63) is 52.7 Å². The molecule has 0 fully saturated rings. The fraction of sp³-hybridized carbons (Fsp3) is 0.133. The first-order valence-corrected chi connectivity index (χ1v) is 7.32. The summed E-state index contributed by atoms with van der Waals surface area (Å²) in [5.74, 6) is 0.743. The standard InChI is InChI=1S/C15H13N3O2S/c1-3-20-9(2)13-17-14(19)12-11(8-21-15(12)18-13)10-4-6-16-7-5-10/h4-8H,2-3H2,1H3,(H,17,18,19). The van der Waals surface area contributed by atoms with E-state index in [0.717, 1.165) is 11.1 Å². The van der Waals surface area contributed by atoms with Crippen LogP contribution in [0.25, 0.3) is 27.1 Å². The SMILES string of the molecule is C=C(OCC)c1nc2scc(-c3ccncc3)c2c(=O)[nH]1. The lowest BCUT2D eigenvalue weighted by Gasteiger charge is -2.05. The summed E-state index contributed by atoms with van der Waals surface area (Å²) in [7, 11) is 0. The quantitative estimate of drug-likeness (QED) is 0.752. The van der Waals surface area contributed by atoms with Crippen LogP contribution in [0.15, 0.2) is 41.3 Å². The third-order valence-corrected chi connectivity index (χ3v) is 3.89. The molecule has 0 aromatic carbocycles. The van der Waals surface area contributed by atoms with Gasteiger partial charge in [0.1, 0.15) is 4.83 Å². The highest BCUT2D eigenvalue weighted by atomic mass is 32.1. The predicted molar refractivity (Wildman–Crippen MR) is 84.1 cm³/mol. The molecule has 1 N–H and O–H groups in total. The Balaban J connectivity index is 2.16. The molecule has 5 nitrogen and oxygen atoms in total. The van der Waals surface area contributed by atoms with Gasteiger partial charge in [0.25, 0.3) is 5.56 Å². The van der Waals surface area contributed by atoms with Crippen molar-refractivity contribution in [3.8, 4) is 11.1 Å². The van der Waals surface area contributed by atoms with Crippen LogP contribution in [0.5, 0.6) is 0 Å². The summed E-state index contributed by atoms with van der Waals surface area (Å²) in [4.78, 5) is 24.2. The Hall–Kier alpha value is -2.47. The summed E-state index contributed by atoms with van der Waals surface area (Å²) in [5, 5.41) is 2.51. The second-order valence-electron chi connectivity index (χ2n) is 4.34. The van der Waals surface area contributed by atoms with Gasteiger partial charge in [0.2, 0.25) is 0 Å². The van der Waals surface area contributed by atoms with Crippen molar-refractivity contribution in [1.82, 2.24) is 15.0 Å². The molecule has 0 aliphatic heterocycles. The molecule has 3 aromatic rings. The molecule has 6 heteroatoms. The smallest absolute Gasteiger partial charge is 0.260 e. The van der Waals surface area contributed by atoms with Gasteiger partial charge >= 0.3 is 0 Å². The number of nitrogens with zero attached hydrogens (tertiary/aromatic N) is 2. The molecule has 0 saturated heterocycles. The molecule has 0 spiro atoms. The van der Waals surface area contributed by atoms with Crippen LogP contribution in [0.3, 0.4) is 0 Å². The van der Waals surface area contributed by atoms with Gasteiger partial charge in [-0.1, -0.05) is 6.58 Å². The van der Waals surface area contributed by atoms with Crippen molar-refractivity contribution < 1.29 is 4.74 Å². The Kier molecular flexibility index (Phi) is 3.53. The van der Waals surface area contributed by atoms with E-state index in [1.54, 1.807) is 12.4 Å². The molecule has 0 unspecified atom stereocenters. The predicted octanol–water partition coefficient (Wildman–Crippen LogP) is 3.05. The molecule has 3 aromatic heterocycles. The zero-order valence-corrected chi connectivity index (χ0v) is 12.2. The van der Waals surface area contributed by atoms with Crippen LogP contribution in [0.2, 0.25) is 0 Å². The maximum absolute atomic E-state index is 12.4. The van der Waals surface area contributed by atoms with Gasteiger partial charge in [-0.15, -0.1) is 11.3 Å². The molecule has 0 saturated carbocycles. The molecule has 3 heterocycles. The number of pyridine rings is 1. The first kappa shape index (κ1) is 13.5. The third kappa shape index (κ3) is 2.45. The van der Waals surface area contributed by atoms with E-state index in [2.05, 4.69) is 21.5 Å². The molecular weight excluding hydrogens is 286 g/mol. The van der Waals surface area contributed by atoms with Crippen molar-refractivity contribution in [2.45, 2.75) is 6.92 Å². The number of H-pyrrole nitrogens is 1. The molecule has 0 radical (unpaired) electrons. The zero-order chi connectivity index (χ0) is 14.8. The van der Waals surface area contributed by atoms with E-state index in [4.69, 9.17) is 4.74 Å². The Morgan fingerprint density at radius 3 is 2.90 bits per heavy atom. The lowest BCUT2D eigenvalue weighted by atomic mass is 10.1. The average molecular weight is 299 g/mol. The van der Waals surface area contributed by atoms with E-state index in [-0.39, 0.29) is 5.56 Å². The summed E-state index contributed by atoms with van der Waals surface area (Å²) in [6.45, 7) is 6.10. The maximum atomic E-state index is 12.4. The highest BCUT2D eigenvalue weighted by Crippen LogP contribution is 2.30. The van der Waals surface area contributed by atoms with Gasteiger partial charge in [-0.2, -0.15) is 0 Å². The first-order valence-electron chi connectivity index (χ1n) is 6.44. The Bertz CT molecular complexity index is 852. The Morgan fingerprint density at radius 1 is 1.43 bits per heavy atom. The lowest BCUT2D eigenvalue weighted by Crippen LogP contribution is -2.11. The normalized spacial score (nSPS) is 10.7. The fourth-order valence-corrected chi connectivity index (χ4v) is 3.02. The molecular formula is C15H13N3O2S. The van der Waals surface area contributed by atoms with Crippen LogP contribution in [0.1, 0.15) is 12.7 Å². The van der Waals surface area contributed by atoms with E-state index >= 15 is 0 Å². The number of aromatic nitrogens is 3. The van der Waals surface area contributed by atoms with Gasteiger partial charge in [-0.25, -0.2) is 4.98 Å². The van der Waals surface area contributed by atoms with E-state index in [9.17, 15) is 4.79 Å². The number of hydrogen-bond acceptors (Lipinski definition) is 5. The summed E-state index contributed by atoms with van der Waals surface area (Å²) in [5.41, 5.74) is 1.61. The van der Waals surface area contributed by atoms with E-state index in [1.165, 1.54) is 11.3 Å². The largest absolute Gasteiger partial charge is 0.491 e. The van der Waals surface area contributed by atoms with Crippen LogP contribution in [-0.2, 0) is 4.74 Å². The maximum Gasteiger partial charge on any atom is 0.260 e. The molecule has 106 valence electrons. The minimum Gasteiger partial charge on any atom is -0.491 e. The number of hydrogen-bond donors (Lipinski definition) is 1. The lowest BCUT2D eigenvalue weighted by molar-refractivity contribution is 0.296. The number of rotatable bonds is 4. The molecule has 0 amide bonds. The van der Waals surface area contributed by atoms with Crippen molar-refractivity contribution in [2.24, 2.45) is 0 Å². The van der Waals surface area contributed by atoms with Crippen molar-refractivity contribution >= 4 is 27.3 Å². The topological polar surface area (TPSA) is 67.9 Å². The molecule has 0 bridgehead atoms. The van der Waals surface area contributed by atoms with Crippen molar-refractivity contribution in [1.29, 1.82) is 0 Å². The fourth-order valence-electron chi connectivity index (χ4n) is 2.07. The summed E-state index contributed by atoms with van der Waals surface area (Å²) in [6, 6.07) is 3.74. The van der Waals surface area contributed by atoms with Gasteiger partial charge in [0, 0.05) is 23.3 Å². The summed E-state index contributed by atoms with van der Waals surface area (Å²) >= 11 is 1.42. The van der Waals surface area contributed by atoms with E-state index in [1.807, 2.05) is 24.4 Å². The van der Waals surface area contributed by atoms with Gasteiger partial charge in [0.05, 0.1) is 12.0 Å². The zero-order valence-electron chi connectivity index (χ0n) is 11.4. The van der Waals surface area contributed by atoms with Gasteiger partial charge < -0.3 is 9.72 Å². The molecule has 0 aliphatic carbocycles. The first-order chi connectivity index (χ1) is 10.2. The van der Waals surface area contributed by atoms with E-state index < -0.39 is 0 Å². The third-order valence-electron chi connectivity index (χ3n) is 3.02. The summed E-state index contributed by atoms with van der Waals surface area (Å²) < 4.78 is 5.29. The molecule has 0 aliphatic rings. The van der Waals surface area contributed by atoms with Crippen molar-refractivity contribution in [2.75, 3.05) is 6.61 Å². The number of fused-ring (bicyclic) bond motifs is 1. The van der Waals surface area contributed by atoms with Crippen molar-refractivity contribution in [3.63, 3.8) is 0 Å².